The minimum atomic E-state index is -3.81. The zero-order valence-corrected chi connectivity index (χ0v) is 12.7. The average Bonchev–Trinajstić information content (AvgIpc) is 3.10. The maximum atomic E-state index is 12.4. The Bertz CT molecular complexity index is 877. The Morgan fingerprint density at radius 3 is 3.05 bits per heavy atom. The highest BCUT2D eigenvalue weighted by molar-refractivity contribution is 7.89. The zero-order valence-electron chi connectivity index (χ0n) is 11.1. The molecule has 21 heavy (non-hydrogen) atoms. The van der Waals surface area contributed by atoms with E-state index in [4.69, 9.17) is 10.2 Å². The maximum Gasteiger partial charge on any atom is 0.260 e. The van der Waals surface area contributed by atoms with Gasteiger partial charge < -0.3 is 10.2 Å². The molecule has 0 saturated heterocycles. The molecule has 0 radical (unpaired) electrons. The van der Waals surface area contributed by atoms with Crippen molar-refractivity contribution < 1.29 is 12.8 Å². The predicted octanol–water partition coefficient (Wildman–Crippen LogP) is 1.01. The minimum Gasteiger partial charge on any atom is -0.444 e. The van der Waals surface area contributed by atoms with Crippen LogP contribution in [0.5, 0.6) is 0 Å². The summed E-state index contributed by atoms with van der Waals surface area (Å²) in [5, 5.41) is 1.67. The molecule has 8 nitrogen and oxygen atoms in total. The van der Waals surface area contributed by atoms with Gasteiger partial charge in [0.15, 0.2) is 15.8 Å². The topological polar surface area (TPSA) is 116 Å². The van der Waals surface area contributed by atoms with Gasteiger partial charge in [0.25, 0.3) is 10.0 Å². The van der Waals surface area contributed by atoms with E-state index < -0.39 is 10.0 Å². The number of nitrogens with two attached hydrogens (primary N) is 1. The van der Waals surface area contributed by atoms with Gasteiger partial charge in [0.2, 0.25) is 5.89 Å². The average molecular weight is 327 g/mol. The fourth-order valence-corrected chi connectivity index (χ4v) is 3.82. The Hall–Kier alpha value is -1.91. The molecule has 3 aromatic rings. The van der Waals surface area contributed by atoms with Crippen molar-refractivity contribution in [2.75, 3.05) is 5.73 Å². The first-order valence-corrected chi connectivity index (χ1v) is 8.52. The second-order valence-electron chi connectivity index (χ2n) is 4.26. The molecule has 0 fully saturated rings. The molecular weight excluding hydrogens is 314 g/mol. The third kappa shape index (κ3) is 2.52. The number of aromatic nitrogens is 3. The highest BCUT2D eigenvalue weighted by Gasteiger charge is 2.24. The molecule has 3 heterocycles. The number of sulfonamides is 1. The Kier molecular flexibility index (Phi) is 3.43. The number of thiazole rings is 1. The summed E-state index contributed by atoms with van der Waals surface area (Å²) < 4.78 is 33.9. The molecule has 0 bridgehead atoms. The van der Waals surface area contributed by atoms with Crippen LogP contribution in [0.3, 0.4) is 0 Å². The summed E-state index contributed by atoms with van der Waals surface area (Å²) in [6.45, 7) is 1.88. The van der Waals surface area contributed by atoms with Crippen molar-refractivity contribution >= 4 is 32.1 Å². The van der Waals surface area contributed by atoms with Crippen LogP contribution in [0, 0.1) is 0 Å². The minimum absolute atomic E-state index is 0.0315. The lowest BCUT2D eigenvalue weighted by Crippen LogP contribution is -2.25. The predicted molar refractivity (Wildman–Crippen MR) is 77.4 cm³/mol. The number of hydrogen-bond acceptors (Lipinski definition) is 7. The smallest absolute Gasteiger partial charge is 0.260 e. The fourth-order valence-electron chi connectivity index (χ4n) is 1.87. The summed E-state index contributed by atoms with van der Waals surface area (Å²) in [6.07, 6.45) is 3.89. The Balaban J connectivity index is 1.86. The van der Waals surface area contributed by atoms with Crippen LogP contribution in [-0.2, 0) is 23.0 Å². The number of fused-ring (bicyclic) bond motifs is 1. The second-order valence-corrected chi connectivity index (χ2v) is 6.81. The number of nitrogens with zero attached hydrogens (tertiary/aromatic N) is 3. The Morgan fingerprint density at radius 2 is 2.33 bits per heavy atom. The van der Waals surface area contributed by atoms with Gasteiger partial charge >= 0.3 is 0 Å². The first-order chi connectivity index (χ1) is 10.0. The van der Waals surface area contributed by atoms with Gasteiger partial charge in [-0.25, -0.2) is 23.1 Å². The molecule has 0 aliphatic heterocycles. The highest BCUT2D eigenvalue weighted by atomic mass is 32.2. The SMILES string of the molecule is CCc1cnc(CNS(=O)(=O)c2c(N)nc3sccn23)o1. The van der Waals surface area contributed by atoms with Crippen LogP contribution >= 0.6 is 11.3 Å². The lowest BCUT2D eigenvalue weighted by atomic mass is 10.4. The third-order valence-corrected chi connectivity index (χ3v) is 5.06. The summed E-state index contributed by atoms with van der Waals surface area (Å²) in [6, 6.07) is 0. The number of hydrogen-bond donors (Lipinski definition) is 2. The van der Waals surface area contributed by atoms with E-state index in [1.807, 2.05) is 6.92 Å². The molecule has 0 aliphatic rings. The highest BCUT2D eigenvalue weighted by Crippen LogP contribution is 2.23. The molecule has 0 amide bonds. The molecule has 0 saturated carbocycles. The fraction of sp³-hybridized carbons (Fsp3) is 0.273. The first kappa shape index (κ1) is 14.0. The number of oxazole rings is 1. The van der Waals surface area contributed by atoms with Gasteiger partial charge in [-0.2, -0.15) is 0 Å². The first-order valence-electron chi connectivity index (χ1n) is 6.15. The van der Waals surface area contributed by atoms with Gasteiger partial charge in [0, 0.05) is 18.0 Å². The van der Waals surface area contributed by atoms with Crippen molar-refractivity contribution in [3.8, 4) is 0 Å². The van der Waals surface area contributed by atoms with E-state index in [0.717, 1.165) is 0 Å². The van der Waals surface area contributed by atoms with E-state index in [2.05, 4.69) is 14.7 Å². The molecule has 0 atom stereocenters. The molecule has 0 aromatic carbocycles. The van der Waals surface area contributed by atoms with Crippen LogP contribution in [0.4, 0.5) is 5.82 Å². The summed E-state index contributed by atoms with van der Waals surface area (Å²) in [5.41, 5.74) is 5.69. The van der Waals surface area contributed by atoms with Crippen LogP contribution in [-0.4, -0.2) is 22.8 Å². The summed E-state index contributed by atoms with van der Waals surface area (Å²) >= 11 is 1.31. The van der Waals surface area contributed by atoms with Gasteiger partial charge in [0.05, 0.1) is 12.7 Å². The van der Waals surface area contributed by atoms with Crippen LogP contribution in [0.25, 0.3) is 4.96 Å². The monoisotopic (exact) mass is 327 g/mol. The number of nitrogens with one attached hydrogen (secondary N) is 1. The molecular formula is C11H13N5O3S2. The quantitative estimate of drug-likeness (QED) is 0.722. The van der Waals surface area contributed by atoms with E-state index in [1.165, 1.54) is 15.7 Å². The van der Waals surface area contributed by atoms with E-state index in [1.54, 1.807) is 17.8 Å². The van der Waals surface area contributed by atoms with E-state index >= 15 is 0 Å². The molecule has 3 aromatic heterocycles. The van der Waals surface area contributed by atoms with Crippen molar-refractivity contribution in [1.29, 1.82) is 0 Å². The van der Waals surface area contributed by atoms with Crippen LogP contribution in [0.1, 0.15) is 18.6 Å². The van der Waals surface area contributed by atoms with Gasteiger partial charge in [-0.15, -0.1) is 11.3 Å². The molecule has 3 rings (SSSR count). The molecule has 0 unspecified atom stereocenters. The van der Waals surface area contributed by atoms with Gasteiger partial charge in [-0.1, -0.05) is 6.92 Å². The molecule has 0 spiro atoms. The third-order valence-electron chi connectivity index (χ3n) is 2.86. The molecule has 0 aliphatic carbocycles. The van der Waals surface area contributed by atoms with Crippen molar-refractivity contribution in [1.82, 2.24) is 19.1 Å². The number of imidazole rings is 1. The van der Waals surface area contributed by atoms with Crippen LogP contribution in [0.2, 0.25) is 0 Å². The number of anilines is 1. The number of aryl methyl sites for hydroxylation is 1. The zero-order chi connectivity index (χ0) is 15.0. The number of nitrogen functional groups attached to an aromatic ring is 1. The number of rotatable bonds is 5. The van der Waals surface area contributed by atoms with E-state index in [0.29, 0.717) is 23.0 Å². The Morgan fingerprint density at radius 1 is 1.52 bits per heavy atom. The van der Waals surface area contributed by atoms with Crippen molar-refractivity contribution in [2.24, 2.45) is 0 Å². The van der Waals surface area contributed by atoms with Crippen molar-refractivity contribution in [2.45, 2.75) is 24.9 Å². The lowest BCUT2D eigenvalue weighted by Gasteiger charge is -2.04. The molecule has 3 N–H and O–H groups in total. The van der Waals surface area contributed by atoms with Crippen molar-refractivity contribution in [3.63, 3.8) is 0 Å². The van der Waals surface area contributed by atoms with E-state index in [9.17, 15) is 8.42 Å². The van der Waals surface area contributed by atoms with Crippen LogP contribution < -0.4 is 10.5 Å². The van der Waals surface area contributed by atoms with Crippen LogP contribution in [0.15, 0.2) is 27.2 Å². The molecule has 10 heteroatoms. The summed E-state index contributed by atoms with van der Waals surface area (Å²) in [7, 11) is -3.81. The standard InChI is InChI=1S/C11H13N5O3S2/c1-2-7-5-13-8(19-7)6-14-21(17,18)10-9(12)15-11-16(10)3-4-20-11/h3-5,14H,2,6,12H2,1H3. The van der Waals surface area contributed by atoms with Gasteiger partial charge in [-0.05, 0) is 0 Å². The normalized spacial score (nSPS) is 12.2. The van der Waals surface area contributed by atoms with Gasteiger partial charge in [0.1, 0.15) is 5.76 Å². The van der Waals surface area contributed by atoms with Gasteiger partial charge in [-0.3, -0.25) is 4.40 Å². The summed E-state index contributed by atoms with van der Waals surface area (Å²) in [4.78, 5) is 8.54. The lowest BCUT2D eigenvalue weighted by molar-refractivity contribution is 0.452. The maximum absolute atomic E-state index is 12.4. The Labute approximate surface area is 124 Å². The van der Waals surface area contributed by atoms with Crippen molar-refractivity contribution in [3.05, 3.63) is 29.4 Å². The molecule has 112 valence electrons. The second kappa shape index (κ2) is 5.13. The van der Waals surface area contributed by atoms with E-state index in [-0.39, 0.29) is 17.4 Å². The largest absolute Gasteiger partial charge is 0.444 e. The summed E-state index contributed by atoms with van der Waals surface area (Å²) in [5.74, 6) is 0.976.